The molecule has 5 rings (SSSR count). The van der Waals surface area contributed by atoms with Crippen molar-refractivity contribution < 1.29 is 9.59 Å². The molecule has 2 aliphatic rings. The van der Waals surface area contributed by atoms with Crippen molar-refractivity contribution in [1.82, 2.24) is 36.0 Å². The van der Waals surface area contributed by atoms with Crippen molar-refractivity contribution >= 4 is 17.5 Å². The summed E-state index contributed by atoms with van der Waals surface area (Å²) in [6.45, 7) is 5.24. The minimum atomic E-state index is -0.889. The molecule has 1 aliphatic heterocycles. The smallest absolute Gasteiger partial charge is 0.340 e. The van der Waals surface area contributed by atoms with E-state index in [0.29, 0.717) is 50.2 Å². The third-order valence-electron chi connectivity index (χ3n) is 8.51. The van der Waals surface area contributed by atoms with Crippen molar-refractivity contribution in [3.63, 3.8) is 0 Å². The van der Waals surface area contributed by atoms with Gasteiger partial charge < -0.3 is 20.9 Å². The zero-order chi connectivity index (χ0) is 29.9. The Morgan fingerprint density at radius 3 is 2.43 bits per heavy atom. The van der Waals surface area contributed by atoms with E-state index in [0.717, 1.165) is 39.9 Å². The molecule has 2 unspecified atom stereocenters. The fraction of sp³-hybridized carbons (Fsp3) is 0.387. The van der Waals surface area contributed by atoms with E-state index in [1.807, 2.05) is 25.2 Å². The predicted octanol–water partition coefficient (Wildman–Crippen LogP) is 1.57. The largest absolute Gasteiger partial charge is 0.388 e. The Hall–Kier alpha value is -4.69. The maximum absolute atomic E-state index is 12.9. The van der Waals surface area contributed by atoms with Crippen LogP contribution < -0.4 is 21.6 Å². The molecule has 11 nitrogen and oxygen atoms in total. The van der Waals surface area contributed by atoms with Gasteiger partial charge in [-0.15, -0.1) is 0 Å². The third kappa shape index (κ3) is 5.21. The average Bonchev–Trinajstić information content (AvgIpc) is 3.66. The molecule has 2 heterocycles. The summed E-state index contributed by atoms with van der Waals surface area (Å²) in [5, 5.41) is 25.5. The second-order valence-corrected chi connectivity index (χ2v) is 10.8. The van der Waals surface area contributed by atoms with Crippen LogP contribution in [0.15, 0.2) is 47.8 Å². The molecule has 5 N–H and O–H groups in total. The van der Waals surface area contributed by atoms with Crippen LogP contribution >= 0.6 is 0 Å². The second-order valence-electron chi connectivity index (χ2n) is 10.8. The molecule has 218 valence electrons. The van der Waals surface area contributed by atoms with Gasteiger partial charge in [-0.2, -0.15) is 10.4 Å². The van der Waals surface area contributed by atoms with Crippen LogP contribution in [0, 0.1) is 11.3 Å². The second kappa shape index (κ2) is 12.0. The van der Waals surface area contributed by atoms with Crippen LogP contribution in [-0.4, -0.2) is 71.7 Å². The van der Waals surface area contributed by atoms with Crippen LogP contribution in [-0.2, 0) is 23.1 Å². The minimum absolute atomic E-state index is 0.0988. The number of H-pyrrole nitrogens is 2. The van der Waals surface area contributed by atoms with Gasteiger partial charge in [0.2, 0.25) is 5.91 Å². The molecule has 2 aromatic carbocycles. The number of hydrogen-bond acceptors (Lipinski definition) is 7. The topological polar surface area (TPSA) is 159 Å². The highest BCUT2D eigenvalue weighted by Crippen LogP contribution is 2.46. The summed E-state index contributed by atoms with van der Waals surface area (Å²) in [5.41, 5.74) is 4.98. The summed E-state index contributed by atoms with van der Waals surface area (Å²) in [6, 6.07) is 13.7. The fourth-order valence-electron chi connectivity index (χ4n) is 6.35. The number of nitrogens with zero attached hydrogens (tertiary/aromatic N) is 3. The van der Waals surface area contributed by atoms with Crippen LogP contribution in [0.25, 0.3) is 5.70 Å². The molecule has 2 amide bonds. The first-order valence-electron chi connectivity index (χ1n) is 14.2. The summed E-state index contributed by atoms with van der Waals surface area (Å²) in [6.07, 6.45) is 3.37. The van der Waals surface area contributed by atoms with Gasteiger partial charge in [-0.3, -0.25) is 14.6 Å². The molecule has 1 aromatic heterocycles. The number of benzene rings is 2. The van der Waals surface area contributed by atoms with Gasteiger partial charge in [0.25, 0.3) is 5.91 Å². The van der Waals surface area contributed by atoms with Crippen LogP contribution in [0.1, 0.15) is 63.3 Å². The Kier molecular flexibility index (Phi) is 8.27. The number of amides is 2. The summed E-state index contributed by atoms with van der Waals surface area (Å²) >= 11 is 0. The van der Waals surface area contributed by atoms with Crippen LogP contribution in [0.4, 0.5) is 0 Å². The number of carbonyl (C=O) groups excluding carboxylic acids is 2. The molecule has 0 bridgehead atoms. The molecule has 2 atom stereocenters. The number of aryl methyl sites for hydroxylation is 2. The highest BCUT2D eigenvalue weighted by molar-refractivity contribution is 5.94. The molecule has 11 heteroatoms. The number of nitrogens with one attached hydrogen (secondary N) is 5. The average molecular weight is 569 g/mol. The quantitative estimate of drug-likeness (QED) is 0.245. The van der Waals surface area contributed by atoms with E-state index in [9.17, 15) is 19.6 Å². The van der Waals surface area contributed by atoms with E-state index in [4.69, 9.17) is 0 Å². The third-order valence-corrected chi connectivity index (χ3v) is 8.51. The number of carbonyl (C=O) groups is 2. The van der Waals surface area contributed by atoms with Gasteiger partial charge in [-0.1, -0.05) is 24.8 Å². The van der Waals surface area contributed by atoms with Gasteiger partial charge in [-0.25, -0.2) is 9.89 Å². The first-order valence-corrected chi connectivity index (χ1v) is 14.2. The minimum Gasteiger partial charge on any atom is -0.388 e. The lowest BCUT2D eigenvalue weighted by atomic mass is 9.69. The number of hydrogen-bond donors (Lipinski definition) is 5. The lowest BCUT2D eigenvalue weighted by Gasteiger charge is -2.35. The van der Waals surface area contributed by atoms with Gasteiger partial charge in [0.1, 0.15) is 11.9 Å². The van der Waals surface area contributed by atoms with Crippen molar-refractivity contribution in [3.8, 4) is 6.07 Å². The van der Waals surface area contributed by atoms with Gasteiger partial charge in [0, 0.05) is 31.9 Å². The zero-order valence-corrected chi connectivity index (χ0v) is 24.0. The standard InChI is InChI=1S/C31H36N8O3/c1-19(33-2)20-8-10-25-21(15-20)6-7-22-16-23(28(41)34-3)9-11-26(22)31(25,29-36-30(42)38-37-29)12-13-35-18-27(40)39-14-4-5-24(39)17-32/h8-11,15-16,24,33,35H,1,4-7,12-14,18H2,2-3H3,(H,34,41)(H2,36,37,38,42). The maximum Gasteiger partial charge on any atom is 0.340 e. The molecule has 1 fully saturated rings. The molecular formula is C31H36N8O3. The van der Waals surface area contributed by atoms with E-state index in [1.165, 1.54) is 0 Å². The Morgan fingerprint density at radius 2 is 1.81 bits per heavy atom. The molecule has 1 aliphatic carbocycles. The highest BCUT2D eigenvalue weighted by atomic mass is 16.2. The first-order chi connectivity index (χ1) is 20.3. The Morgan fingerprint density at radius 1 is 1.12 bits per heavy atom. The maximum atomic E-state index is 12.9. The van der Waals surface area contributed by atoms with Crippen LogP contribution in [0.2, 0.25) is 0 Å². The molecule has 0 radical (unpaired) electrons. The molecule has 1 saturated heterocycles. The number of nitriles is 1. The van der Waals surface area contributed by atoms with Gasteiger partial charge in [-0.05, 0) is 84.7 Å². The normalized spacial score (nSPS) is 19.3. The zero-order valence-electron chi connectivity index (χ0n) is 24.0. The van der Waals surface area contributed by atoms with E-state index in [1.54, 1.807) is 18.0 Å². The first kappa shape index (κ1) is 28.8. The van der Waals surface area contributed by atoms with Gasteiger partial charge in [0.05, 0.1) is 18.0 Å². The molecule has 0 saturated carbocycles. The number of fused-ring (bicyclic) bond motifs is 2. The summed E-state index contributed by atoms with van der Waals surface area (Å²) < 4.78 is 0. The van der Waals surface area contributed by atoms with Crippen LogP contribution in [0.3, 0.4) is 0 Å². The fourth-order valence-corrected chi connectivity index (χ4v) is 6.35. The van der Waals surface area contributed by atoms with Crippen molar-refractivity contribution in [3.05, 3.63) is 92.7 Å². The van der Waals surface area contributed by atoms with E-state index in [-0.39, 0.29) is 24.4 Å². The summed E-state index contributed by atoms with van der Waals surface area (Å²) in [4.78, 5) is 42.5. The predicted molar refractivity (Wildman–Crippen MR) is 159 cm³/mol. The van der Waals surface area contributed by atoms with Crippen molar-refractivity contribution in [1.29, 1.82) is 5.26 Å². The van der Waals surface area contributed by atoms with Crippen molar-refractivity contribution in [2.45, 2.75) is 43.6 Å². The van der Waals surface area contributed by atoms with E-state index < -0.39 is 11.1 Å². The van der Waals surface area contributed by atoms with E-state index in [2.05, 4.69) is 55.9 Å². The molecule has 3 aromatic rings. The Bertz CT molecular complexity index is 1550. The van der Waals surface area contributed by atoms with E-state index >= 15 is 0 Å². The van der Waals surface area contributed by atoms with Crippen molar-refractivity contribution in [2.24, 2.45) is 0 Å². The molecule has 42 heavy (non-hydrogen) atoms. The van der Waals surface area contributed by atoms with Gasteiger partial charge in [0.15, 0.2) is 0 Å². The number of aromatic amines is 2. The summed E-state index contributed by atoms with van der Waals surface area (Å²) in [7, 11) is 3.43. The number of likely N-dealkylation sites (tertiary alicyclic amines) is 1. The highest BCUT2D eigenvalue weighted by Gasteiger charge is 2.43. The molecule has 0 spiro atoms. The van der Waals surface area contributed by atoms with Gasteiger partial charge >= 0.3 is 5.69 Å². The number of rotatable bonds is 9. The lowest BCUT2D eigenvalue weighted by molar-refractivity contribution is -0.130. The molecular weight excluding hydrogens is 532 g/mol. The monoisotopic (exact) mass is 568 g/mol. The lowest BCUT2D eigenvalue weighted by Crippen LogP contribution is -2.42. The van der Waals surface area contributed by atoms with Crippen molar-refractivity contribution in [2.75, 3.05) is 33.7 Å². The Labute approximate surface area is 244 Å². The Balaban J connectivity index is 1.58. The number of aromatic nitrogens is 3. The van der Waals surface area contributed by atoms with Crippen LogP contribution in [0.5, 0.6) is 0 Å². The SMILES string of the molecule is C=C(NC)c1ccc2c(c1)CCc1cc(C(=O)NC)ccc1C2(CCNCC(=O)N1CCCC1C#N)c1n[nH]c(=O)[nH]1. The summed E-state index contributed by atoms with van der Waals surface area (Å²) in [5.74, 6) is 0.180.